The number of carbonyl (C=O) groups excluding carboxylic acids is 3. The van der Waals surface area contributed by atoms with Gasteiger partial charge in [-0.05, 0) is 23.3 Å². The van der Waals surface area contributed by atoms with Crippen molar-refractivity contribution < 1.29 is 24.2 Å². The van der Waals surface area contributed by atoms with Crippen LogP contribution in [-0.4, -0.2) is 51.0 Å². The molecular weight excluding hydrogens is 464 g/mol. The number of H-pyrrole nitrogens is 1. The molecule has 0 saturated carbocycles. The van der Waals surface area contributed by atoms with Gasteiger partial charge < -0.3 is 30.8 Å². The Kier molecular flexibility index (Phi) is 6.29. The third kappa shape index (κ3) is 4.59. The second-order valence-corrected chi connectivity index (χ2v) is 8.12. The van der Waals surface area contributed by atoms with Crippen LogP contribution in [0.1, 0.15) is 38.0 Å². The number of ether oxygens (including phenoxy) is 1. The quantitative estimate of drug-likeness (QED) is 0.266. The van der Waals surface area contributed by atoms with Gasteiger partial charge in [-0.15, -0.1) is 0 Å². The number of benzene rings is 2. The van der Waals surface area contributed by atoms with Gasteiger partial charge in [0.15, 0.2) is 12.3 Å². The molecule has 11 nitrogen and oxygen atoms in total. The number of carbonyl (C=O) groups is 3. The molecule has 4 aromatic rings. The fourth-order valence-electron chi connectivity index (χ4n) is 3.95. The predicted molar refractivity (Wildman–Crippen MR) is 129 cm³/mol. The van der Waals surface area contributed by atoms with Crippen LogP contribution in [0, 0.1) is 0 Å². The van der Waals surface area contributed by atoms with Crippen molar-refractivity contribution in [1.29, 1.82) is 0 Å². The van der Waals surface area contributed by atoms with E-state index in [1.165, 1.54) is 12.5 Å². The van der Waals surface area contributed by atoms with Crippen LogP contribution < -0.4 is 20.7 Å². The van der Waals surface area contributed by atoms with E-state index in [0.717, 1.165) is 11.1 Å². The Morgan fingerprint density at radius 1 is 1.11 bits per heavy atom. The van der Waals surface area contributed by atoms with Crippen molar-refractivity contribution in [2.75, 3.05) is 18.5 Å². The minimum Gasteiger partial charge on any atom is -0.482 e. The second-order valence-electron chi connectivity index (χ2n) is 8.12. The zero-order valence-electron chi connectivity index (χ0n) is 18.9. The maximum atomic E-state index is 13.0. The SMILES string of the molecule is O=C1COc2ccc(CNC(=O)c3ncnc4c(C(=O)N[C@@H](CO)c5ccccc5)c[nH]c34)cc2N1. The maximum absolute atomic E-state index is 13.0. The largest absolute Gasteiger partial charge is 0.482 e. The Labute approximate surface area is 204 Å². The van der Waals surface area contributed by atoms with Crippen molar-refractivity contribution in [2.45, 2.75) is 12.6 Å². The van der Waals surface area contributed by atoms with Gasteiger partial charge in [-0.3, -0.25) is 14.4 Å². The molecule has 11 heteroatoms. The number of aliphatic hydroxyl groups excluding tert-OH is 1. The first-order chi connectivity index (χ1) is 17.5. The lowest BCUT2D eigenvalue weighted by Crippen LogP contribution is -2.30. The van der Waals surface area contributed by atoms with Gasteiger partial charge in [0.1, 0.15) is 17.6 Å². The smallest absolute Gasteiger partial charge is 0.272 e. The van der Waals surface area contributed by atoms with Gasteiger partial charge in [-0.25, -0.2) is 9.97 Å². The lowest BCUT2D eigenvalue weighted by atomic mass is 10.1. The van der Waals surface area contributed by atoms with Crippen LogP contribution in [0.5, 0.6) is 5.75 Å². The van der Waals surface area contributed by atoms with E-state index in [-0.39, 0.29) is 42.4 Å². The van der Waals surface area contributed by atoms with E-state index in [1.54, 1.807) is 18.2 Å². The Morgan fingerprint density at radius 2 is 1.94 bits per heavy atom. The van der Waals surface area contributed by atoms with Crippen molar-refractivity contribution in [2.24, 2.45) is 0 Å². The van der Waals surface area contributed by atoms with E-state index in [4.69, 9.17) is 4.74 Å². The molecule has 1 aliphatic rings. The van der Waals surface area contributed by atoms with Gasteiger partial charge >= 0.3 is 0 Å². The Morgan fingerprint density at radius 3 is 2.75 bits per heavy atom. The lowest BCUT2D eigenvalue weighted by molar-refractivity contribution is -0.118. The molecule has 3 heterocycles. The van der Waals surface area contributed by atoms with Crippen LogP contribution >= 0.6 is 0 Å². The molecular formula is C25H22N6O5. The molecule has 2 aromatic carbocycles. The molecule has 0 spiro atoms. The third-order valence-corrected chi connectivity index (χ3v) is 5.74. The summed E-state index contributed by atoms with van der Waals surface area (Å²) >= 11 is 0. The fraction of sp³-hybridized carbons (Fsp3) is 0.160. The molecule has 0 radical (unpaired) electrons. The van der Waals surface area contributed by atoms with E-state index in [0.29, 0.717) is 17.0 Å². The van der Waals surface area contributed by atoms with E-state index < -0.39 is 17.9 Å². The molecule has 0 fully saturated rings. The highest BCUT2D eigenvalue weighted by Gasteiger charge is 2.22. The summed E-state index contributed by atoms with van der Waals surface area (Å²) in [5.74, 6) is -0.595. The van der Waals surface area contributed by atoms with Crippen molar-refractivity contribution in [1.82, 2.24) is 25.6 Å². The van der Waals surface area contributed by atoms with Gasteiger partial charge in [-0.1, -0.05) is 36.4 Å². The van der Waals surface area contributed by atoms with E-state index in [1.807, 2.05) is 30.3 Å². The van der Waals surface area contributed by atoms with Crippen molar-refractivity contribution in [3.63, 3.8) is 0 Å². The maximum Gasteiger partial charge on any atom is 0.272 e. The number of nitrogens with one attached hydrogen (secondary N) is 4. The second kappa shape index (κ2) is 9.84. The molecule has 2 aromatic heterocycles. The number of aliphatic hydroxyl groups is 1. The highest BCUT2D eigenvalue weighted by Crippen LogP contribution is 2.28. The first-order valence-electron chi connectivity index (χ1n) is 11.2. The predicted octanol–water partition coefficient (Wildman–Crippen LogP) is 1.68. The number of rotatable bonds is 7. The number of nitrogens with zero attached hydrogens (tertiary/aromatic N) is 2. The zero-order valence-corrected chi connectivity index (χ0v) is 18.9. The van der Waals surface area contributed by atoms with Crippen LogP contribution in [-0.2, 0) is 11.3 Å². The average molecular weight is 486 g/mol. The minimum atomic E-state index is -0.597. The van der Waals surface area contributed by atoms with Crippen LogP contribution in [0.3, 0.4) is 0 Å². The summed E-state index contributed by atoms with van der Waals surface area (Å²) < 4.78 is 5.34. The van der Waals surface area contributed by atoms with E-state index in [9.17, 15) is 19.5 Å². The summed E-state index contributed by atoms with van der Waals surface area (Å²) in [4.78, 5) is 48.6. The van der Waals surface area contributed by atoms with Crippen LogP contribution in [0.15, 0.2) is 61.1 Å². The standard InChI is InChI=1S/C25H22N6O5/c32-11-18(15-4-2-1-3-5-15)31-24(34)16-10-26-22-21(16)28-13-29-23(22)25(35)27-9-14-6-7-19-17(8-14)30-20(33)12-36-19/h1-8,10,13,18,26,32H,9,11-12H2,(H,27,35)(H,30,33)(H,31,34)/t18-/m0/s1. The molecule has 5 rings (SSSR count). The van der Waals surface area contributed by atoms with Gasteiger partial charge in [0, 0.05) is 12.7 Å². The normalized spacial score (nSPS) is 13.3. The summed E-state index contributed by atoms with van der Waals surface area (Å²) in [6.07, 6.45) is 2.67. The summed E-state index contributed by atoms with van der Waals surface area (Å²) in [5, 5.41) is 18.1. The first-order valence-corrected chi connectivity index (χ1v) is 11.2. The first kappa shape index (κ1) is 23.0. The molecule has 36 heavy (non-hydrogen) atoms. The summed E-state index contributed by atoms with van der Waals surface area (Å²) in [6.45, 7) is -0.133. The fourth-order valence-corrected chi connectivity index (χ4v) is 3.95. The van der Waals surface area contributed by atoms with Gasteiger partial charge in [0.05, 0.1) is 29.4 Å². The summed E-state index contributed by atoms with van der Waals surface area (Å²) in [7, 11) is 0. The highest BCUT2D eigenvalue weighted by molar-refractivity contribution is 6.10. The van der Waals surface area contributed by atoms with Crippen LogP contribution in [0.2, 0.25) is 0 Å². The minimum absolute atomic E-state index is 0.0319. The topological polar surface area (TPSA) is 158 Å². The van der Waals surface area contributed by atoms with Crippen molar-refractivity contribution in [3.05, 3.63) is 83.4 Å². The molecule has 0 saturated heterocycles. The Hall–Kier alpha value is -4.77. The van der Waals surface area contributed by atoms with Crippen LogP contribution in [0.25, 0.3) is 11.0 Å². The van der Waals surface area contributed by atoms with Gasteiger partial charge in [-0.2, -0.15) is 0 Å². The van der Waals surface area contributed by atoms with Crippen molar-refractivity contribution >= 4 is 34.4 Å². The number of fused-ring (bicyclic) bond motifs is 2. The third-order valence-electron chi connectivity index (χ3n) is 5.74. The number of anilines is 1. The molecule has 1 atom stereocenters. The Balaban J connectivity index is 1.31. The lowest BCUT2D eigenvalue weighted by Gasteiger charge is -2.18. The monoisotopic (exact) mass is 486 g/mol. The molecule has 1 aliphatic heterocycles. The molecule has 0 bridgehead atoms. The van der Waals surface area contributed by atoms with Gasteiger partial charge in [0.25, 0.3) is 17.7 Å². The number of aromatic amines is 1. The molecule has 0 unspecified atom stereocenters. The van der Waals surface area contributed by atoms with Crippen molar-refractivity contribution in [3.8, 4) is 5.75 Å². The molecule has 3 amide bonds. The number of amides is 3. The molecule has 0 aliphatic carbocycles. The highest BCUT2D eigenvalue weighted by atomic mass is 16.5. The van der Waals surface area contributed by atoms with E-state index >= 15 is 0 Å². The Bertz CT molecular complexity index is 1450. The zero-order chi connectivity index (χ0) is 25.1. The number of aromatic nitrogens is 3. The molecule has 182 valence electrons. The molecule has 5 N–H and O–H groups in total. The van der Waals surface area contributed by atoms with Crippen LogP contribution in [0.4, 0.5) is 5.69 Å². The van der Waals surface area contributed by atoms with E-state index in [2.05, 4.69) is 30.9 Å². The average Bonchev–Trinajstić information content (AvgIpc) is 3.35. The number of hydrogen-bond donors (Lipinski definition) is 5. The summed E-state index contributed by atoms with van der Waals surface area (Å²) in [5.41, 5.74) is 2.95. The summed E-state index contributed by atoms with van der Waals surface area (Å²) in [6, 6.07) is 13.8. The number of hydrogen-bond acceptors (Lipinski definition) is 7. The van der Waals surface area contributed by atoms with Gasteiger partial charge in [0.2, 0.25) is 0 Å².